The van der Waals surface area contributed by atoms with E-state index >= 15 is 0 Å². The first-order chi connectivity index (χ1) is 6.66. The van der Waals surface area contributed by atoms with Crippen LogP contribution in [0.3, 0.4) is 0 Å². The highest BCUT2D eigenvalue weighted by atomic mass is 15.3. The molecule has 3 nitrogen and oxygen atoms in total. The molecule has 1 aromatic heterocycles. The summed E-state index contributed by atoms with van der Waals surface area (Å²) in [5, 5.41) is 0. The van der Waals surface area contributed by atoms with Crippen molar-refractivity contribution in [3.8, 4) is 0 Å². The molecule has 0 aliphatic carbocycles. The van der Waals surface area contributed by atoms with Crippen LogP contribution in [-0.2, 0) is 0 Å². The second-order valence-corrected chi connectivity index (χ2v) is 3.70. The molecule has 1 atom stereocenters. The molecule has 0 fully saturated rings. The van der Waals surface area contributed by atoms with E-state index in [-0.39, 0.29) is 0 Å². The van der Waals surface area contributed by atoms with Crippen LogP contribution in [0.1, 0.15) is 18.7 Å². The third-order valence-corrected chi connectivity index (χ3v) is 2.39. The number of rotatable bonds is 4. The molecule has 1 heterocycles. The molecule has 0 amide bonds. The van der Waals surface area contributed by atoms with E-state index in [4.69, 9.17) is 0 Å². The van der Waals surface area contributed by atoms with E-state index in [9.17, 15) is 0 Å². The Morgan fingerprint density at radius 1 is 1.36 bits per heavy atom. The van der Waals surface area contributed by atoms with Crippen LogP contribution in [-0.4, -0.2) is 42.5 Å². The molecule has 0 saturated carbocycles. The second kappa shape index (κ2) is 5.08. The molecule has 1 aromatic rings. The summed E-state index contributed by atoms with van der Waals surface area (Å²) in [4.78, 5) is 8.63. The van der Waals surface area contributed by atoms with Gasteiger partial charge in [-0.3, -0.25) is 14.8 Å². The first kappa shape index (κ1) is 11.1. The van der Waals surface area contributed by atoms with Crippen LogP contribution in [0.25, 0.3) is 0 Å². The highest BCUT2D eigenvalue weighted by molar-refractivity contribution is 5.13. The third kappa shape index (κ3) is 2.53. The van der Waals surface area contributed by atoms with E-state index in [2.05, 4.69) is 48.9 Å². The molecule has 0 radical (unpaired) electrons. The number of hydrogen-bond acceptors (Lipinski definition) is 3. The zero-order valence-corrected chi connectivity index (χ0v) is 9.44. The zero-order valence-electron chi connectivity index (χ0n) is 9.44. The van der Waals surface area contributed by atoms with Crippen LogP contribution in [0.4, 0.5) is 0 Å². The van der Waals surface area contributed by atoms with Gasteiger partial charge in [0.15, 0.2) is 0 Å². The minimum Gasteiger partial charge on any atom is -0.290 e. The first-order valence-corrected chi connectivity index (χ1v) is 4.93. The second-order valence-electron chi connectivity index (χ2n) is 3.70. The summed E-state index contributed by atoms with van der Waals surface area (Å²) in [7, 11) is 6.30. The van der Waals surface area contributed by atoms with Crippen molar-refractivity contribution >= 4 is 0 Å². The van der Waals surface area contributed by atoms with E-state index in [1.165, 1.54) is 5.56 Å². The Labute approximate surface area is 86.4 Å². The number of pyridine rings is 1. The Morgan fingerprint density at radius 3 is 2.50 bits per heavy atom. The van der Waals surface area contributed by atoms with Crippen molar-refractivity contribution in [1.82, 2.24) is 14.8 Å². The molecular formula is C11H19N3. The van der Waals surface area contributed by atoms with Gasteiger partial charge in [0.05, 0.1) is 6.17 Å². The van der Waals surface area contributed by atoms with Crippen molar-refractivity contribution < 1.29 is 0 Å². The lowest BCUT2D eigenvalue weighted by atomic mass is 10.2. The minimum atomic E-state index is 0.314. The normalized spacial score (nSPS) is 13.6. The van der Waals surface area contributed by atoms with E-state index in [0.717, 1.165) is 6.54 Å². The molecule has 1 rings (SSSR count). The molecule has 0 bridgehead atoms. The summed E-state index contributed by atoms with van der Waals surface area (Å²) < 4.78 is 0. The standard InChI is InChI=1S/C11H19N3/c1-5-14(4)11(13(2)3)10-7-6-8-12-9-10/h6-9,11H,5H2,1-4H3. The maximum absolute atomic E-state index is 4.15. The molecule has 0 aliphatic rings. The summed E-state index contributed by atoms with van der Waals surface area (Å²) in [5.41, 5.74) is 1.24. The average molecular weight is 193 g/mol. The van der Waals surface area contributed by atoms with Gasteiger partial charge < -0.3 is 0 Å². The first-order valence-electron chi connectivity index (χ1n) is 4.93. The van der Waals surface area contributed by atoms with E-state index in [1.54, 1.807) is 0 Å². The Kier molecular flexibility index (Phi) is 4.04. The largest absolute Gasteiger partial charge is 0.290 e. The van der Waals surface area contributed by atoms with Gasteiger partial charge in [-0.05, 0) is 33.8 Å². The molecule has 0 saturated heterocycles. The fraction of sp³-hybridized carbons (Fsp3) is 0.545. The van der Waals surface area contributed by atoms with Crippen LogP contribution < -0.4 is 0 Å². The molecule has 78 valence electrons. The lowest BCUT2D eigenvalue weighted by molar-refractivity contribution is 0.110. The van der Waals surface area contributed by atoms with E-state index < -0.39 is 0 Å². The van der Waals surface area contributed by atoms with Gasteiger partial charge in [-0.25, -0.2) is 0 Å². The van der Waals surface area contributed by atoms with Crippen molar-refractivity contribution in [3.63, 3.8) is 0 Å². The minimum absolute atomic E-state index is 0.314. The summed E-state index contributed by atoms with van der Waals surface area (Å²) in [6.07, 6.45) is 4.05. The van der Waals surface area contributed by atoms with Gasteiger partial charge in [0, 0.05) is 18.0 Å². The van der Waals surface area contributed by atoms with Gasteiger partial charge in [0.2, 0.25) is 0 Å². The SMILES string of the molecule is CCN(C)C(c1cccnc1)N(C)C. The molecule has 3 heteroatoms. The molecule has 0 N–H and O–H groups in total. The predicted octanol–water partition coefficient (Wildman–Crippen LogP) is 1.59. The van der Waals surface area contributed by atoms with Crippen LogP contribution in [0.2, 0.25) is 0 Å². The molecule has 0 spiro atoms. The number of nitrogens with zero attached hydrogens (tertiary/aromatic N) is 3. The van der Waals surface area contributed by atoms with Crippen molar-refractivity contribution in [2.45, 2.75) is 13.1 Å². The van der Waals surface area contributed by atoms with Gasteiger partial charge >= 0.3 is 0 Å². The Balaban J connectivity index is 2.89. The summed E-state index contributed by atoms with van der Waals surface area (Å²) >= 11 is 0. The summed E-state index contributed by atoms with van der Waals surface area (Å²) in [5.74, 6) is 0. The molecular weight excluding hydrogens is 174 g/mol. The maximum atomic E-state index is 4.15. The Hall–Kier alpha value is -0.930. The molecule has 1 unspecified atom stereocenters. The van der Waals surface area contributed by atoms with Crippen LogP contribution in [0, 0.1) is 0 Å². The van der Waals surface area contributed by atoms with Gasteiger partial charge in [0.25, 0.3) is 0 Å². The van der Waals surface area contributed by atoms with Crippen LogP contribution in [0.5, 0.6) is 0 Å². The van der Waals surface area contributed by atoms with Crippen molar-refractivity contribution in [2.24, 2.45) is 0 Å². The average Bonchev–Trinajstić information content (AvgIpc) is 2.19. The highest BCUT2D eigenvalue weighted by Crippen LogP contribution is 2.19. The topological polar surface area (TPSA) is 19.4 Å². The fourth-order valence-corrected chi connectivity index (χ4v) is 1.65. The number of aromatic nitrogens is 1. The molecule has 0 aliphatic heterocycles. The highest BCUT2D eigenvalue weighted by Gasteiger charge is 2.17. The third-order valence-electron chi connectivity index (χ3n) is 2.39. The Bertz CT molecular complexity index is 258. The lowest BCUT2D eigenvalue weighted by Gasteiger charge is -2.32. The van der Waals surface area contributed by atoms with Crippen molar-refractivity contribution in [1.29, 1.82) is 0 Å². The fourth-order valence-electron chi connectivity index (χ4n) is 1.65. The van der Waals surface area contributed by atoms with E-state index in [1.807, 2.05) is 18.5 Å². The van der Waals surface area contributed by atoms with Crippen molar-refractivity contribution in [3.05, 3.63) is 30.1 Å². The van der Waals surface area contributed by atoms with Gasteiger partial charge in [-0.1, -0.05) is 13.0 Å². The summed E-state index contributed by atoms with van der Waals surface area (Å²) in [6, 6.07) is 4.10. The predicted molar refractivity (Wildman–Crippen MR) is 59.0 cm³/mol. The van der Waals surface area contributed by atoms with Crippen molar-refractivity contribution in [2.75, 3.05) is 27.7 Å². The van der Waals surface area contributed by atoms with Gasteiger partial charge in [-0.15, -0.1) is 0 Å². The summed E-state index contributed by atoms with van der Waals surface area (Å²) in [6.45, 7) is 3.19. The number of hydrogen-bond donors (Lipinski definition) is 0. The monoisotopic (exact) mass is 193 g/mol. The molecule has 14 heavy (non-hydrogen) atoms. The lowest BCUT2D eigenvalue weighted by Crippen LogP contribution is -2.35. The maximum Gasteiger partial charge on any atom is 0.0893 e. The quantitative estimate of drug-likeness (QED) is 0.677. The van der Waals surface area contributed by atoms with Crippen LogP contribution >= 0.6 is 0 Å². The smallest absolute Gasteiger partial charge is 0.0893 e. The zero-order chi connectivity index (χ0) is 10.6. The van der Waals surface area contributed by atoms with Crippen LogP contribution in [0.15, 0.2) is 24.5 Å². The molecule has 0 aromatic carbocycles. The Morgan fingerprint density at radius 2 is 2.07 bits per heavy atom. The van der Waals surface area contributed by atoms with E-state index in [0.29, 0.717) is 6.17 Å². The van der Waals surface area contributed by atoms with Gasteiger partial charge in [0.1, 0.15) is 0 Å². The van der Waals surface area contributed by atoms with Gasteiger partial charge in [-0.2, -0.15) is 0 Å².